The second kappa shape index (κ2) is 16.0. The number of allylic oxidation sites excluding steroid dienone is 6. The molecule has 0 radical (unpaired) electrons. The summed E-state index contributed by atoms with van der Waals surface area (Å²) in [6.07, 6.45) is 10.1. The van der Waals surface area contributed by atoms with Crippen molar-refractivity contribution in [2.45, 2.75) is 60.0 Å². The fraction of sp³-hybridized carbons (Fsp3) is 0.393. The van der Waals surface area contributed by atoms with E-state index in [2.05, 4.69) is 38.4 Å². The lowest BCUT2D eigenvalue weighted by molar-refractivity contribution is -0.136. The van der Waals surface area contributed by atoms with Gasteiger partial charge in [0.25, 0.3) is 5.91 Å². The van der Waals surface area contributed by atoms with E-state index in [0.717, 1.165) is 34.4 Å². The fourth-order valence-corrected chi connectivity index (χ4v) is 4.45. The van der Waals surface area contributed by atoms with Crippen molar-refractivity contribution in [1.29, 1.82) is 0 Å². The maximum atomic E-state index is 12.0. The lowest BCUT2D eigenvalue weighted by Gasteiger charge is -2.17. The second-order valence-corrected chi connectivity index (χ2v) is 10.2. The number of ketones is 1. The Bertz CT molecular complexity index is 1060. The Balaban J connectivity index is 2.98. The van der Waals surface area contributed by atoms with E-state index in [0.29, 0.717) is 10.8 Å². The number of hydrogen-bond acceptors (Lipinski definition) is 6. The summed E-state index contributed by atoms with van der Waals surface area (Å²) in [5, 5.41) is 11.2. The predicted octanol–water partition coefficient (Wildman–Crippen LogP) is 6.60. The van der Waals surface area contributed by atoms with E-state index >= 15 is 0 Å². The number of carbonyl (C=O) groups excluding carboxylic acids is 2. The topological polar surface area (TPSA) is 92.7 Å². The van der Waals surface area contributed by atoms with Crippen molar-refractivity contribution in [3.8, 4) is 0 Å². The number of rotatable bonds is 15. The molecule has 0 saturated carbocycles. The lowest BCUT2D eigenvalue weighted by Crippen LogP contribution is -2.25. The molecule has 0 aliphatic heterocycles. The lowest BCUT2D eigenvalue weighted by atomic mass is 10.0. The standard InChI is InChI=1S/C28H37NO5S2/c1-7-19(4)17-22(9-8-10-23(35)28(33)29-15-13-26(31)32)34-16-14-20(5)27(18(2)3)25-12-11-24(36-25)21(6)30/h8-12,14,16,19,22,35H,2,7,13,15,17H2,1,3-6H3,(H,29,33)(H,31,32)/b9-8+,16-14+,23-10-,27-20+. The van der Waals surface area contributed by atoms with E-state index in [9.17, 15) is 14.4 Å². The average Bonchev–Trinajstić information content (AvgIpc) is 3.28. The summed E-state index contributed by atoms with van der Waals surface area (Å²) in [6, 6.07) is 3.78. The fourth-order valence-electron chi connectivity index (χ4n) is 3.19. The highest BCUT2D eigenvalue weighted by molar-refractivity contribution is 7.85. The number of carbonyl (C=O) groups is 3. The number of Topliss-reactive ketones (excluding diaryl/α,β-unsaturated/α-hetero) is 1. The Labute approximate surface area is 223 Å². The first-order valence-corrected chi connectivity index (χ1v) is 13.1. The van der Waals surface area contributed by atoms with E-state index < -0.39 is 11.9 Å². The van der Waals surface area contributed by atoms with Crippen molar-refractivity contribution in [3.05, 3.63) is 75.1 Å². The second-order valence-electron chi connectivity index (χ2n) is 8.62. The number of carboxylic acid groups (broad SMARTS) is 1. The number of hydrogen-bond donors (Lipinski definition) is 3. The normalized spacial score (nSPS) is 14.4. The van der Waals surface area contributed by atoms with Crippen LogP contribution >= 0.6 is 24.0 Å². The van der Waals surface area contributed by atoms with Crippen LogP contribution in [-0.2, 0) is 14.3 Å². The summed E-state index contributed by atoms with van der Waals surface area (Å²) in [6.45, 7) is 13.9. The molecular formula is C28H37NO5S2. The minimum absolute atomic E-state index is 0.0414. The quantitative estimate of drug-likeness (QED) is 0.0780. The number of nitrogens with one attached hydrogen (secondary N) is 1. The number of aliphatic carboxylic acids is 1. The van der Waals surface area contributed by atoms with Gasteiger partial charge in [0.1, 0.15) is 6.10 Å². The van der Waals surface area contributed by atoms with Gasteiger partial charge in [-0.05, 0) is 80.2 Å². The van der Waals surface area contributed by atoms with Gasteiger partial charge in [-0.1, -0.05) is 32.9 Å². The Hall–Kier alpha value is -2.84. The summed E-state index contributed by atoms with van der Waals surface area (Å²) in [5.41, 5.74) is 2.86. The van der Waals surface area contributed by atoms with Crippen molar-refractivity contribution in [1.82, 2.24) is 5.32 Å². The van der Waals surface area contributed by atoms with Crippen LogP contribution in [0.3, 0.4) is 0 Å². The van der Waals surface area contributed by atoms with Gasteiger partial charge in [-0.15, -0.1) is 24.0 Å². The molecular weight excluding hydrogens is 494 g/mol. The molecule has 1 rings (SSSR count). The maximum Gasteiger partial charge on any atom is 0.305 e. The Morgan fingerprint density at radius 2 is 1.89 bits per heavy atom. The van der Waals surface area contributed by atoms with Crippen molar-refractivity contribution in [3.63, 3.8) is 0 Å². The summed E-state index contributed by atoms with van der Waals surface area (Å²) in [4.78, 5) is 36.1. The van der Waals surface area contributed by atoms with E-state index in [1.54, 1.807) is 25.3 Å². The molecule has 8 heteroatoms. The highest BCUT2D eigenvalue weighted by Crippen LogP contribution is 2.32. The molecule has 0 aromatic carbocycles. The van der Waals surface area contributed by atoms with E-state index in [1.165, 1.54) is 11.3 Å². The first kappa shape index (κ1) is 31.2. The van der Waals surface area contributed by atoms with Gasteiger partial charge in [-0.2, -0.15) is 0 Å². The summed E-state index contributed by atoms with van der Waals surface area (Å²) < 4.78 is 6.03. The zero-order valence-corrected chi connectivity index (χ0v) is 23.4. The molecule has 0 spiro atoms. The van der Waals surface area contributed by atoms with Crippen LogP contribution in [0.1, 0.15) is 68.4 Å². The van der Waals surface area contributed by atoms with Crippen LogP contribution in [0.25, 0.3) is 5.57 Å². The number of carboxylic acids is 1. The molecule has 0 fully saturated rings. The van der Waals surface area contributed by atoms with Crippen LogP contribution in [0.5, 0.6) is 0 Å². The third kappa shape index (κ3) is 11.3. The van der Waals surface area contributed by atoms with Gasteiger partial charge in [0, 0.05) is 11.4 Å². The number of thiophene rings is 1. The molecule has 2 atom stereocenters. The van der Waals surface area contributed by atoms with Crippen LogP contribution in [0.4, 0.5) is 0 Å². The van der Waals surface area contributed by atoms with Crippen molar-refractivity contribution in [2.24, 2.45) is 5.92 Å². The molecule has 1 heterocycles. The van der Waals surface area contributed by atoms with Gasteiger partial charge in [0.05, 0.1) is 22.5 Å². The Morgan fingerprint density at radius 1 is 1.22 bits per heavy atom. The van der Waals surface area contributed by atoms with Crippen LogP contribution in [-0.4, -0.2) is 35.4 Å². The van der Waals surface area contributed by atoms with Crippen LogP contribution < -0.4 is 5.32 Å². The minimum Gasteiger partial charge on any atom is -0.494 e. The van der Waals surface area contributed by atoms with Crippen LogP contribution in [0.15, 0.2) is 65.3 Å². The zero-order chi connectivity index (χ0) is 27.3. The molecule has 2 N–H and O–H groups in total. The molecule has 1 aromatic heterocycles. The van der Waals surface area contributed by atoms with Gasteiger partial charge in [-0.3, -0.25) is 14.4 Å². The van der Waals surface area contributed by atoms with Crippen LogP contribution in [0.2, 0.25) is 0 Å². The largest absolute Gasteiger partial charge is 0.494 e. The predicted molar refractivity (Wildman–Crippen MR) is 151 cm³/mol. The molecule has 36 heavy (non-hydrogen) atoms. The Morgan fingerprint density at radius 3 is 2.44 bits per heavy atom. The number of ether oxygens (including phenoxy) is 1. The average molecular weight is 532 g/mol. The summed E-state index contributed by atoms with van der Waals surface area (Å²) in [7, 11) is 0. The van der Waals surface area contributed by atoms with Crippen molar-refractivity contribution < 1.29 is 24.2 Å². The molecule has 2 unspecified atom stereocenters. The molecule has 0 aliphatic rings. The van der Waals surface area contributed by atoms with E-state index in [4.69, 9.17) is 9.84 Å². The van der Waals surface area contributed by atoms with Gasteiger partial charge < -0.3 is 15.2 Å². The molecule has 6 nitrogen and oxygen atoms in total. The zero-order valence-electron chi connectivity index (χ0n) is 21.7. The monoisotopic (exact) mass is 531 g/mol. The number of thiol groups is 1. The van der Waals surface area contributed by atoms with Gasteiger partial charge in [0.2, 0.25) is 0 Å². The molecule has 0 saturated heterocycles. The van der Waals surface area contributed by atoms with E-state index in [1.807, 2.05) is 38.1 Å². The summed E-state index contributed by atoms with van der Waals surface area (Å²) in [5.74, 6) is -0.932. The highest BCUT2D eigenvalue weighted by Gasteiger charge is 2.12. The molecule has 1 aromatic rings. The summed E-state index contributed by atoms with van der Waals surface area (Å²) >= 11 is 5.64. The van der Waals surface area contributed by atoms with Crippen molar-refractivity contribution >= 4 is 47.2 Å². The minimum atomic E-state index is -0.977. The first-order valence-electron chi connectivity index (χ1n) is 11.8. The SMILES string of the molecule is C=C(C)/C(=C(C)\C=C\OC(/C=C/C=C(\S)C(=O)NCCC(=O)O)CC(C)CC)c1ccc(C(C)=O)s1. The van der Waals surface area contributed by atoms with Crippen molar-refractivity contribution in [2.75, 3.05) is 6.54 Å². The van der Waals surface area contributed by atoms with Gasteiger partial charge in [0.15, 0.2) is 5.78 Å². The maximum absolute atomic E-state index is 12.0. The van der Waals surface area contributed by atoms with E-state index in [-0.39, 0.29) is 29.8 Å². The number of amides is 1. The molecule has 0 aliphatic carbocycles. The van der Waals surface area contributed by atoms with Gasteiger partial charge >= 0.3 is 5.97 Å². The van der Waals surface area contributed by atoms with Crippen LogP contribution in [0, 0.1) is 5.92 Å². The molecule has 1 amide bonds. The first-order chi connectivity index (χ1) is 17.0. The third-order valence-electron chi connectivity index (χ3n) is 5.36. The highest BCUT2D eigenvalue weighted by atomic mass is 32.1. The third-order valence-corrected chi connectivity index (χ3v) is 6.92. The molecule has 196 valence electrons. The smallest absolute Gasteiger partial charge is 0.305 e. The Kier molecular flexibility index (Phi) is 13.9. The molecule has 0 bridgehead atoms. The van der Waals surface area contributed by atoms with Gasteiger partial charge in [-0.25, -0.2) is 0 Å².